The lowest BCUT2D eigenvalue weighted by Gasteiger charge is -2.37. The summed E-state index contributed by atoms with van der Waals surface area (Å²) < 4.78 is 0. The summed E-state index contributed by atoms with van der Waals surface area (Å²) in [4.78, 5) is 0. The van der Waals surface area contributed by atoms with E-state index in [9.17, 15) is 0 Å². The van der Waals surface area contributed by atoms with Crippen molar-refractivity contribution in [3.8, 4) is 0 Å². The van der Waals surface area contributed by atoms with Gasteiger partial charge in [0.25, 0.3) is 0 Å². The molecule has 1 aromatic rings. The van der Waals surface area contributed by atoms with E-state index in [0.29, 0.717) is 0 Å². The highest BCUT2D eigenvalue weighted by atomic mass is 14.8. The lowest BCUT2D eigenvalue weighted by molar-refractivity contribution is 0.409. The molecule has 0 bridgehead atoms. The van der Waals surface area contributed by atoms with Gasteiger partial charge in [-0.2, -0.15) is 0 Å². The molecule has 1 aliphatic carbocycles. The number of benzene rings is 1. The highest BCUT2D eigenvalue weighted by molar-refractivity contribution is 5.41. The Morgan fingerprint density at radius 2 is 1.81 bits per heavy atom. The van der Waals surface area contributed by atoms with Crippen LogP contribution in [-0.2, 0) is 5.54 Å². The number of hydrogen-bond acceptors (Lipinski definition) is 2. The molecule has 0 heterocycles. The van der Waals surface area contributed by atoms with E-state index in [1.165, 1.54) is 0 Å². The second-order valence-corrected chi connectivity index (χ2v) is 4.49. The van der Waals surface area contributed by atoms with Crippen LogP contribution in [0.1, 0.15) is 19.4 Å². The van der Waals surface area contributed by atoms with Crippen molar-refractivity contribution in [1.82, 2.24) is 0 Å². The highest BCUT2D eigenvalue weighted by Crippen LogP contribution is 2.36. The Hall–Kier alpha value is -1.54. The Labute approximate surface area is 96.6 Å². The molecule has 1 aromatic carbocycles. The first-order chi connectivity index (χ1) is 7.55. The van der Waals surface area contributed by atoms with Gasteiger partial charge in [0, 0.05) is 11.6 Å². The molecule has 16 heavy (non-hydrogen) atoms. The predicted octanol–water partition coefficient (Wildman–Crippen LogP) is 2.28. The molecule has 1 aliphatic rings. The average Bonchev–Trinajstić information content (AvgIpc) is 2.33. The summed E-state index contributed by atoms with van der Waals surface area (Å²) in [7, 11) is 0. The van der Waals surface area contributed by atoms with Crippen molar-refractivity contribution < 1.29 is 0 Å². The molecule has 2 unspecified atom stereocenters. The van der Waals surface area contributed by atoms with Gasteiger partial charge in [0.1, 0.15) is 0 Å². The average molecular weight is 214 g/mol. The number of allylic oxidation sites excluding steroid dienone is 1. The topological polar surface area (TPSA) is 52.0 Å². The number of hydrogen-bond donors (Lipinski definition) is 2. The zero-order valence-corrected chi connectivity index (χ0v) is 9.77. The quantitative estimate of drug-likeness (QED) is 0.753. The van der Waals surface area contributed by atoms with Gasteiger partial charge in [-0.3, -0.25) is 0 Å². The van der Waals surface area contributed by atoms with Gasteiger partial charge in [-0.1, -0.05) is 43.3 Å². The molecule has 0 saturated heterocycles. The predicted molar refractivity (Wildman–Crippen MR) is 67.5 cm³/mol. The maximum absolute atomic E-state index is 6.50. The van der Waals surface area contributed by atoms with E-state index in [0.717, 1.165) is 16.8 Å². The Balaban J connectivity index is 2.47. The third kappa shape index (κ3) is 1.55. The third-order valence-corrected chi connectivity index (χ3v) is 3.63. The van der Waals surface area contributed by atoms with E-state index >= 15 is 0 Å². The third-order valence-electron chi connectivity index (χ3n) is 3.63. The summed E-state index contributed by atoms with van der Waals surface area (Å²) >= 11 is 0. The molecule has 4 N–H and O–H groups in total. The second kappa shape index (κ2) is 3.80. The highest BCUT2D eigenvalue weighted by Gasteiger charge is 2.34. The van der Waals surface area contributed by atoms with Gasteiger partial charge in [0.2, 0.25) is 0 Å². The monoisotopic (exact) mass is 214 g/mol. The van der Waals surface area contributed by atoms with E-state index in [4.69, 9.17) is 11.5 Å². The van der Waals surface area contributed by atoms with Crippen molar-refractivity contribution in [2.75, 3.05) is 0 Å². The van der Waals surface area contributed by atoms with Gasteiger partial charge in [0.15, 0.2) is 0 Å². The second-order valence-electron chi connectivity index (χ2n) is 4.49. The van der Waals surface area contributed by atoms with Gasteiger partial charge in [-0.25, -0.2) is 0 Å². The van der Waals surface area contributed by atoms with Gasteiger partial charge in [0.05, 0.1) is 5.54 Å². The normalized spacial score (nSPS) is 29.6. The Bertz CT molecular complexity index is 445. The van der Waals surface area contributed by atoms with E-state index < -0.39 is 5.54 Å². The molecule has 2 nitrogen and oxygen atoms in total. The molecule has 2 atom stereocenters. The van der Waals surface area contributed by atoms with Crippen LogP contribution in [0.5, 0.6) is 0 Å². The van der Waals surface area contributed by atoms with E-state index in [1.807, 2.05) is 37.3 Å². The van der Waals surface area contributed by atoms with Crippen LogP contribution in [0.15, 0.2) is 53.8 Å². The summed E-state index contributed by atoms with van der Waals surface area (Å²) in [5.41, 5.74) is 15.1. The van der Waals surface area contributed by atoms with Crippen LogP contribution in [0.25, 0.3) is 0 Å². The van der Waals surface area contributed by atoms with Crippen LogP contribution in [-0.4, -0.2) is 0 Å². The first-order valence-electron chi connectivity index (χ1n) is 5.55. The summed E-state index contributed by atoms with van der Waals surface area (Å²) in [6.45, 7) is 4.17. The van der Waals surface area contributed by atoms with Crippen molar-refractivity contribution in [1.29, 1.82) is 0 Å². The van der Waals surface area contributed by atoms with Gasteiger partial charge in [-0.15, -0.1) is 0 Å². The summed E-state index contributed by atoms with van der Waals surface area (Å²) in [6.07, 6.45) is 3.93. The van der Waals surface area contributed by atoms with Crippen molar-refractivity contribution in [3.05, 3.63) is 59.3 Å². The minimum Gasteiger partial charge on any atom is -0.399 e. The molecule has 2 heteroatoms. The smallest absolute Gasteiger partial charge is 0.0663 e. The van der Waals surface area contributed by atoms with E-state index in [2.05, 4.69) is 19.1 Å². The van der Waals surface area contributed by atoms with Gasteiger partial charge in [-0.05, 0) is 24.1 Å². The fraction of sp³-hybridized carbons (Fsp3) is 0.286. The van der Waals surface area contributed by atoms with Crippen molar-refractivity contribution in [3.63, 3.8) is 0 Å². The largest absolute Gasteiger partial charge is 0.399 e. The molecule has 0 amide bonds. The van der Waals surface area contributed by atoms with Crippen LogP contribution in [0.3, 0.4) is 0 Å². The molecule has 84 valence electrons. The van der Waals surface area contributed by atoms with Crippen LogP contribution in [0.2, 0.25) is 0 Å². The van der Waals surface area contributed by atoms with Gasteiger partial charge >= 0.3 is 0 Å². The minimum absolute atomic E-state index is 0.222. The summed E-state index contributed by atoms with van der Waals surface area (Å²) in [5, 5.41) is 0. The van der Waals surface area contributed by atoms with Crippen LogP contribution in [0.4, 0.5) is 0 Å². The minimum atomic E-state index is -0.436. The standard InChI is InChI=1S/C14H18N2/c1-10-11(2)14(16,9-8-13(10)15)12-6-4-3-5-7-12/h3-9,11H,15-16H2,1-2H3. The van der Waals surface area contributed by atoms with Crippen LogP contribution >= 0.6 is 0 Å². The Morgan fingerprint density at radius 3 is 2.44 bits per heavy atom. The van der Waals surface area contributed by atoms with E-state index in [-0.39, 0.29) is 5.92 Å². The molecule has 0 spiro atoms. The molecule has 0 fully saturated rings. The fourth-order valence-corrected chi connectivity index (χ4v) is 2.18. The first-order valence-corrected chi connectivity index (χ1v) is 5.55. The molecular formula is C14H18N2. The molecule has 0 aliphatic heterocycles. The number of rotatable bonds is 1. The molecule has 0 radical (unpaired) electrons. The molecular weight excluding hydrogens is 196 g/mol. The zero-order chi connectivity index (χ0) is 11.8. The Kier molecular flexibility index (Phi) is 2.60. The molecule has 2 rings (SSSR count). The van der Waals surface area contributed by atoms with Crippen molar-refractivity contribution in [2.24, 2.45) is 17.4 Å². The van der Waals surface area contributed by atoms with Gasteiger partial charge < -0.3 is 11.5 Å². The first kappa shape index (κ1) is 11.0. The SMILES string of the molecule is CC1=C(N)C=CC(N)(c2ccccc2)C1C. The maximum Gasteiger partial charge on any atom is 0.0663 e. The lowest BCUT2D eigenvalue weighted by atomic mass is 9.73. The van der Waals surface area contributed by atoms with E-state index in [1.54, 1.807) is 0 Å². The van der Waals surface area contributed by atoms with Crippen molar-refractivity contribution in [2.45, 2.75) is 19.4 Å². The molecule has 0 saturated carbocycles. The van der Waals surface area contributed by atoms with Crippen molar-refractivity contribution >= 4 is 0 Å². The maximum atomic E-state index is 6.50. The fourth-order valence-electron chi connectivity index (χ4n) is 2.18. The van der Waals surface area contributed by atoms with Crippen LogP contribution in [0, 0.1) is 5.92 Å². The zero-order valence-electron chi connectivity index (χ0n) is 9.77. The molecule has 0 aromatic heterocycles. The summed E-state index contributed by atoms with van der Waals surface area (Å²) in [6, 6.07) is 10.2. The Morgan fingerprint density at radius 1 is 1.19 bits per heavy atom. The van der Waals surface area contributed by atoms with Crippen LogP contribution < -0.4 is 11.5 Å². The summed E-state index contributed by atoms with van der Waals surface area (Å²) in [5.74, 6) is 0.222. The lowest BCUT2D eigenvalue weighted by Crippen LogP contribution is -2.43. The number of nitrogens with two attached hydrogens (primary N) is 2.